The summed E-state index contributed by atoms with van der Waals surface area (Å²) in [7, 11) is 0. The Balaban J connectivity index is 2.21. The third-order valence-electron chi connectivity index (χ3n) is 2.91. The maximum absolute atomic E-state index is 13.6. The Labute approximate surface area is 122 Å². The van der Waals surface area contributed by atoms with Crippen LogP contribution in [0.5, 0.6) is 0 Å². The highest BCUT2D eigenvalue weighted by Gasteiger charge is 2.21. The maximum Gasteiger partial charge on any atom is 0.146 e. The van der Waals surface area contributed by atoms with E-state index in [0.29, 0.717) is 5.69 Å². The fourth-order valence-electron chi connectivity index (χ4n) is 1.77. The summed E-state index contributed by atoms with van der Waals surface area (Å²) in [5.74, 6) is -0.336. The molecule has 0 aliphatic carbocycles. The number of nitrogens with one attached hydrogen (secondary N) is 1. The molecule has 5 heteroatoms. The molecule has 0 amide bonds. The van der Waals surface area contributed by atoms with Crippen LogP contribution < -0.4 is 5.32 Å². The number of hydrogen-bond donors (Lipinski definition) is 2. The van der Waals surface area contributed by atoms with Crippen molar-refractivity contribution < 1.29 is 9.50 Å². The Kier molecular flexibility index (Phi) is 4.40. The van der Waals surface area contributed by atoms with Crippen LogP contribution in [0, 0.1) is 5.82 Å². The average molecular weight is 294 g/mol. The zero-order valence-electron chi connectivity index (χ0n) is 11.9. The lowest BCUT2D eigenvalue weighted by Gasteiger charge is -2.17. The minimum absolute atomic E-state index is 0.0269. The van der Waals surface area contributed by atoms with Gasteiger partial charge in [-0.05, 0) is 12.1 Å². The number of rotatable bonds is 4. The predicted octanol–water partition coefficient (Wildman–Crippen LogP) is 3.73. The summed E-state index contributed by atoms with van der Waals surface area (Å²) in [4.78, 5) is 4.55. The van der Waals surface area contributed by atoms with Gasteiger partial charge in [0.1, 0.15) is 5.82 Å². The first kappa shape index (κ1) is 14.9. The molecule has 0 aliphatic rings. The molecule has 2 rings (SSSR count). The van der Waals surface area contributed by atoms with E-state index in [-0.39, 0.29) is 17.8 Å². The van der Waals surface area contributed by atoms with E-state index in [9.17, 15) is 9.50 Å². The van der Waals surface area contributed by atoms with Gasteiger partial charge in [0.15, 0.2) is 0 Å². The summed E-state index contributed by atoms with van der Waals surface area (Å²) in [6.07, 6.45) is 0. The van der Waals surface area contributed by atoms with Crippen LogP contribution in [0.1, 0.15) is 37.5 Å². The molecule has 1 unspecified atom stereocenters. The number of aliphatic hydroxyl groups excluding tert-OH is 1. The topological polar surface area (TPSA) is 45.2 Å². The van der Waals surface area contributed by atoms with Gasteiger partial charge in [-0.25, -0.2) is 9.37 Å². The maximum atomic E-state index is 13.6. The van der Waals surface area contributed by atoms with Crippen molar-refractivity contribution in [1.29, 1.82) is 0 Å². The van der Waals surface area contributed by atoms with Crippen molar-refractivity contribution in [1.82, 2.24) is 4.98 Å². The highest BCUT2D eigenvalue weighted by Crippen LogP contribution is 2.29. The molecule has 0 radical (unpaired) electrons. The Bertz CT molecular complexity index is 577. The van der Waals surface area contributed by atoms with Gasteiger partial charge in [-0.2, -0.15) is 0 Å². The Morgan fingerprint density at radius 2 is 2.05 bits per heavy atom. The first-order valence-electron chi connectivity index (χ1n) is 6.49. The second-order valence-corrected chi connectivity index (χ2v) is 6.54. The molecule has 0 aliphatic heterocycles. The lowest BCUT2D eigenvalue weighted by molar-refractivity contribution is 0.274. The van der Waals surface area contributed by atoms with Gasteiger partial charge in [0, 0.05) is 10.8 Å². The van der Waals surface area contributed by atoms with Crippen molar-refractivity contribution in [3.63, 3.8) is 0 Å². The number of thiazole rings is 1. The summed E-state index contributed by atoms with van der Waals surface area (Å²) < 4.78 is 13.6. The van der Waals surface area contributed by atoms with Crippen molar-refractivity contribution in [2.45, 2.75) is 32.2 Å². The van der Waals surface area contributed by atoms with Gasteiger partial charge in [-0.1, -0.05) is 32.9 Å². The molecule has 3 nitrogen and oxygen atoms in total. The van der Waals surface area contributed by atoms with Gasteiger partial charge in [0.05, 0.1) is 29.0 Å². The van der Waals surface area contributed by atoms with E-state index in [1.54, 1.807) is 29.5 Å². The molecule has 1 aromatic carbocycles. The standard InChI is InChI=1S/C15H19FN2OS/c1-15(2,3)14-18-13(9-20-14)12(8-19)17-11-7-5-4-6-10(11)16/h4-7,9,12,17,19H,8H2,1-3H3. The quantitative estimate of drug-likeness (QED) is 0.903. The SMILES string of the molecule is CC(C)(C)c1nc(C(CO)Nc2ccccc2F)cs1. The number of hydrogen-bond acceptors (Lipinski definition) is 4. The summed E-state index contributed by atoms with van der Waals surface area (Å²) in [6.45, 7) is 6.14. The molecular formula is C15H19FN2OS. The molecule has 0 spiro atoms. The molecule has 2 aromatic rings. The minimum atomic E-state index is -0.403. The van der Waals surface area contributed by atoms with E-state index in [0.717, 1.165) is 10.7 Å². The van der Waals surface area contributed by atoms with E-state index in [1.807, 2.05) is 5.38 Å². The van der Waals surface area contributed by atoms with Crippen LogP contribution in [0.25, 0.3) is 0 Å². The third kappa shape index (κ3) is 3.35. The largest absolute Gasteiger partial charge is 0.394 e. The van der Waals surface area contributed by atoms with Crippen LogP contribution in [0.3, 0.4) is 0 Å². The normalized spacial score (nSPS) is 13.2. The summed E-state index contributed by atoms with van der Waals surface area (Å²) >= 11 is 1.56. The zero-order chi connectivity index (χ0) is 14.8. The number of halogens is 1. The van der Waals surface area contributed by atoms with Gasteiger partial charge in [0.25, 0.3) is 0 Å². The molecule has 0 fully saturated rings. The van der Waals surface area contributed by atoms with Gasteiger partial charge < -0.3 is 10.4 Å². The Morgan fingerprint density at radius 1 is 1.35 bits per heavy atom. The van der Waals surface area contributed by atoms with Crippen LogP contribution >= 0.6 is 11.3 Å². The molecule has 108 valence electrons. The number of aromatic nitrogens is 1. The van der Waals surface area contributed by atoms with Gasteiger partial charge in [-0.3, -0.25) is 0 Å². The average Bonchev–Trinajstić information content (AvgIpc) is 2.87. The number of aliphatic hydroxyl groups is 1. The lowest BCUT2D eigenvalue weighted by Crippen LogP contribution is -2.17. The van der Waals surface area contributed by atoms with E-state index >= 15 is 0 Å². The Hall–Kier alpha value is -1.46. The summed E-state index contributed by atoms with van der Waals surface area (Å²) in [5, 5.41) is 15.4. The predicted molar refractivity (Wildman–Crippen MR) is 80.7 cm³/mol. The number of anilines is 1. The highest BCUT2D eigenvalue weighted by molar-refractivity contribution is 7.09. The monoisotopic (exact) mass is 294 g/mol. The molecule has 2 N–H and O–H groups in total. The van der Waals surface area contributed by atoms with Crippen LogP contribution in [-0.2, 0) is 5.41 Å². The highest BCUT2D eigenvalue weighted by atomic mass is 32.1. The molecule has 0 bridgehead atoms. The van der Waals surface area contributed by atoms with Crippen LogP contribution in [0.4, 0.5) is 10.1 Å². The van der Waals surface area contributed by atoms with Crippen molar-refractivity contribution in [3.05, 3.63) is 46.2 Å². The van der Waals surface area contributed by atoms with Crippen molar-refractivity contribution in [2.75, 3.05) is 11.9 Å². The summed E-state index contributed by atoms with van der Waals surface area (Å²) in [6, 6.07) is 6.02. The first-order chi connectivity index (χ1) is 9.41. The third-order valence-corrected chi connectivity index (χ3v) is 4.19. The van der Waals surface area contributed by atoms with Crippen molar-refractivity contribution in [3.8, 4) is 0 Å². The smallest absolute Gasteiger partial charge is 0.146 e. The Morgan fingerprint density at radius 3 is 2.60 bits per heavy atom. The van der Waals surface area contributed by atoms with E-state index in [2.05, 4.69) is 31.1 Å². The number of nitrogens with zero attached hydrogens (tertiary/aromatic N) is 1. The van der Waals surface area contributed by atoms with Crippen LogP contribution in [0.15, 0.2) is 29.6 Å². The molecule has 0 saturated heterocycles. The summed E-state index contributed by atoms with van der Waals surface area (Å²) in [5.41, 5.74) is 1.09. The van der Waals surface area contributed by atoms with Crippen molar-refractivity contribution in [2.24, 2.45) is 0 Å². The fraction of sp³-hybridized carbons (Fsp3) is 0.400. The van der Waals surface area contributed by atoms with Gasteiger partial charge in [-0.15, -0.1) is 11.3 Å². The van der Waals surface area contributed by atoms with E-state index in [1.165, 1.54) is 6.07 Å². The lowest BCUT2D eigenvalue weighted by atomic mass is 9.98. The molecule has 1 aromatic heterocycles. The van der Waals surface area contributed by atoms with Crippen LogP contribution in [-0.4, -0.2) is 16.7 Å². The minimum Gasteiger partial charge on any atom is -0.394 e. The first-order valence-corrected chi connectivity index (χ1v) is 7.37. The van der Waals surface area contributed by atoms with Crippen LogP contribution in [0.2, 0.25) is 0 Å². The molecule has 1 heterocycles. The molecule has 0 saturated carbocycles. The number of benzene rings is 1. The van der Waals surface area contributed by atoms with Gasteiger partial charge >= 0.3 is 0 Å². The van der Waals surface area contributed by atoms with Crippen molar-refractivity contribution >= 4 is 17.0 Å². The van der Waals surface area contributed by atoms with Gasteiger partial charge in [0.2, 0.25) is 0 Å². The molecule has 1 atom stereocenters. The fourth-order valence-corrected chi connectivity index (χ4v) is 2.73. The molecule has 20 heavy (non-hydrogen) atoms. The van der Waals surface area contributed by atoms with E-state index < -0.39 is 6.04 Å². The number of para-hydroxylation sites is 1. The second kappa shape index (κ2) is 5.89. The zero-order valence-corrected chi connectivity index (χ0v) is 12.7. The molecular weight excluding hydrogens is 275 g/mol. The van der Waals surface area contributed by atoms with E-state index in [4.69, 9.17) is 0 Å². The second-order valence-electron chi connectivity index (χ2n) is 5.69.